The molecule has 1 aliphatic heterocycles. The molecule has 206 valence electrons. The molecule has 41 heavy (non-hydrogen) atoms. The van der Waals surface area contributed by atoms with Crippen LogP contribution in [0, 0.1) is 0 Å². The third-order valence-corrected chi connectivity index (χ3v) is 8.39. The van der Waals surface area contributed by atoms with Crippen LogP contribution in [0.15, 0.2) is 110 Å². The third-order valence-electron chi connectivity index (χ3n) is 6.49. The number of thiophene rings is 1. The third kappa shape index (κ3) is 5.21. The summed E-state index contributed by atoms with van der Waals surface area (Å²) < 4.78 is 47.1. The Morgan fingerprint density at radius 1 is 1.05 bits per heavy atom. The number of fused-ring (bicyclic) bond motifs is 1. The molecule has 3 aromatic heterocycles. The van der Waals surface area contributed by atoms with Gasteiger partial charge in [-0.25, -0.2) is 4.99 Å². The van der Waals surface area contributed by atoms with Gasteiger partial charge in [-0.05, 0) is 54.8 Å². The van der Waals surface area contributed by atoms with Crippen molar-refractivity contribution in [1.82, 2.24) is 4.57 Å². The second-order valence-electron chi connectivity index (χ2n) is 9.20. The molecular weight excluding hydrogens is 571 g/mol. The SMILES string of the molecule is CC1=C(C(=O)Nc2ccccc2)C(c2cccs2)n2c(s/c(=C\c3ccc(-c4cccc(C(F)(F)F)c4)o3)c2=O)=N1. The van der Waals surface area contributed by atoms with Gasteiger partial charge in [-0.3, -0.25) is 14.2 Å². The first-order valence-corrected chi connectivity index (χ1v) is 14.1. The molecule has 0 saturated heterocycles. The van der Waals surface area contributed by atoms with Gasteiger partial charge in [-0.15, -0.1) is 11.3 Å². The number of anilines is 1. The van der Waals surface area contributed by atoms with E-state index in [1.165, 1.54) is 34.1 Å². The number of benzene rings is 2. The fourth-order valence-electron chi connectivity index (χ4n) is 4.61. The maximum absolute atomic E-state index is 13.8. The zero-order valence-electron chi connectivity index (χ0n) is 21.3. The minimum atomic E-state index is -4.48. The van der Waals surface area contributed by atoms with Crippen LogP contribution < -0.4 is 20.2 Å². The van der Waals surface area contributed by atoms with Crippen molar-refractivity contribution in [2.45, 2.75) is 19.1 Å². The summed E-state index contributed by atoms with van der Waals surface area (Å²) in [5, 5.41) is 4.79. The number of aromatic nitrogens is 1. The Balaban J connectivity index is 1.40. The van der Waals surface area contributed by atoms with E-state index in [4.69, 9.17) is 4.42 Å². The predicted octanol–water partition coefficient (Wildman–Crippen LogP) is 6.21. The number of carbonyl (C=O) groups excluding carboxylic acids is 1. The minimum Gasteiger partial charge on any atom is -0.457 e. The number of alkyl halides is 3. The van der Waals surface area contributed by atoms with Crippen LogP contribution >= 0.6 is 22.7 Å². The number of rotatable bonds is 5. The fraction of sp³-hybridized carbons (Fsp3) is 0.100. The number of thiazole rings is 1. The van der Waals surface area contributed by atoms with Crippen molar-refractivity contribution in [3.63, 3.8) is 0 Å². The largest absolute Gasteiger partial charge is 0.457 e. The fourth-order valence-corrected chi connectivity index (χ4v) is 6.46. The lowest BCUT2D eigenvalue weighted by Gasteiger charge is -2.24. The van der Waals surface area contributed by atoms with Crippen molar-refractivity contribution in [3.8, 4) is 11.3 Å². The molecule has 1 N–H and O–H groups in total. The first-order chi connectivity index (χ1) is 19.7. The molecule has 5 aromatic rings. The zero-order valence-corrected chi connectivity index (χ0v) is 22.9. The van der Waals surface area contributed by atoms with Crippen molar-refractivity contribution in [2.75, 3.05) is 5.32 Å². The molecule has 1 unspecified atom stereocenters. The van der Waals surface area contributed by atoms with E-state index in [-0.39, 0.29) is 22.8 Å². The predicted molar refractivity (Wildman–Crippen MR) is 152 cm³/mol. The van der Waals surface area contributed by atoms with Crippen LogP contribution in [-0.4, -0.2) is 10.5 Å². The standard InChI is InChI=1S/C30H20F3N3O3S2/c1-17-25(27(37)35-20-9-3-2-4-10-20)26(23-11-6-14-40-23)36-28(38)24(41-29(36)34-17)16-21-12-13-22(39-21)18-7-5-8-19(15-18)30(31,32)33/h2-16,26H,1H3,(H,35,37)/b24-16-. The highest BCUT2D eigenvalue weighted by Gasteiger charge is 2.33. The number of halogens is 3. The Morgan fingerprint density at radius 3 is 2.59 bits per heavy atom. The van der Waals surface area contributed by atoms with Gasteiger partial charge in [0.15, 0.2) is 4.80 Å². The first-order valence-electron chi connectivity index (χ1n) is 12.4. The average molecular weight is 592 g/mol. The van der Waals surface area contributed by atoms with E-state index < -0.39 is 17.8 Å². The van der Waals surface area contributed by atoms with E-state index in [1.54, 1.807) is 31.2 Å². The Hall–Kier alpha value is -4.48. The number of carbonyl (C=O) groups is 1. The molecular formula is C30H20F3N3O3S2. The number of para-hydroxylation sites is 1. The van der Waals surface area contributed by atoms with Gasteiger partial charge in [0.1, 0.15) is 17.6 Å². The van der Waals surface area contributed by atoms with E-state index >= 15 is 0 Å². The number of allylic oxidation sites excluding steroid dienone is 1. The summed E-state index contributed by atoms with van der Waals surface area (Å²) >= 11 is 2.58. The second kappa shape index (κ2) is 10.5. The van der Waals surface area contributed by atoms with Gasteiger partial charge < -0.3 is 9.73 Å². The highest BCUT2D eigenvalue weighted by atomic mass is 32.1. The molecule has 1 atom stereocenters. The van der Waals surface area contributed by atoms with Crippen LogP contribution in [0.2, 0.25) is 0 Å². The summed E-state index contributed by atoms with van der Waals surface area (Å²) in [6, 6.07) is 20.1. The zero-order chi connectivity index (χ0) is 28.7. The highest BCUT2D eigenvalue weighted by Crippen LogP contribution is 2.34. The molecule has 0 bridgehead atoms. The van der Waals surface area contributed by atoms with Gasteiger partial charge >= 0.3 is 6.18 Å². The molecule has 1 aliphatic rings. The van der Waals surface area contributed by atoms with Gasteiger partial charge in [0.05, 0.1) is 21.4 Å². The van der Waals surface area contributed by atoms with Gasteiger partial charge in [-0.2, -0.15) is 13.2 Å². The van der Waals surface area contributed by atoms with Crippen molar-refractivity contribution in [1.29, 1.82) is 0 Å². The first kappa shape index (κ1) is 26.7. The molecule has 6 nitrogen and oxygen atoms in total. The molecule has 1 amide bonds. The van der Waals surface area contributed by atoms with Crippen LogP contribution in [-0.2, 0) is 11.0 Å². The number of nitrogens with zero attached hydrogens (tertiary/aromatic N) is 2. The van der Waals surface area contributed by atoms with Crippen LogP contribution in [0.25, 0.3) is 17.4 Å². The van der Waals surface area contributed by atoms with Crippen LogP contribution in [0.4, 0.5) is 18.9 Å². The lowest BCUT2D eigenvalue weighted by atomic mass is 10.0. The molecule has 0 saturated carbocycles. The highest BCUT2D eigenvalue weighted by molar-refractivity contribution is 7.10. The van der Waals surface area contributed by atoms with E-state index in [2.05, 4.69) is 10.3 Å². The maximum Gasteiger partial charge on any atom is 0.416 e. The smallest absolute Gasteiger partial charge is 0.416 e. The number of nitrogens with one attached hydrogen (secondary N) is 1. The van der Waals surface area contributed by atoms with Crippen molar-refractivity contribution >= 4 is 40.3 Å². The minimum absolute atomic E-state index is 0.238. The Kier molecular flexibility index (Phi) is 6.84. The lowest BCUT2D eigenvalue weighted by Crippen LogP contribution is -2.40. The van der Waals surface area contributed by atoms with E-state index in [0.717, 1.165) is 28.3 Å². The average Bonchev–Trinajstić information content (AvgIpc) is 3.70. The number of furan rings is 1. The van der Waals surface area contributed by atoms with Gasteiger partial charge in [0.25, 0.3) is 11.5 Å². The second-order valence-corrected chi connectivity index (χ2v) is 11.2. The van der Waals surface area contributed by atoms with Crippen molar-refractivity contribution < 1.29 is 22.4 Å². The Morgan fingerprint density at radius 2 is 1.85 bits per heavy atom. The lowest BCUT2D eigenvalue weighted by molar-refractivity contribution is -0.137. The van der Waals surface area contributed by atoms with Crippen molar-refractivity contribution in [2.24, 2.45) is 4.99 Å². The quantitative estimate of drug-likeness (QED) is 0.264. The molecule has 6 rings (SSSR count). The van der Waals surface area contributed by atoms with Crippen LogP contribution in [0.5, 0.6) is 0 Å². The summed E-state index contributed by atoms with van der Waals surface area (Å²) in [7, 11) is 0. The van der Waals surface area contributed by atoms with Crippen molar-refractivity contribution in [3.05, 3.63) is 131 Å². The normalized spacial score (nSPS) is 15.5. The summed E-state index contributed by atoms with van der Waals surface area (Å²) in [5.41, 5.74) is 0.603. The summed E-state index contributed by atoms with van der Waals surface area (Å²) in [6.45, 7) is 1.74. The van der Waals surface area contributed by atoms with Gasteiger partial charge in [-0.1, -0.05) is 47.7 Å². The molecule has 2 aromatic carbocycles. The number of amides is 1. The van der Waals surface area contributed by atoms with Crippen LogP contribution in [0.3, 0.4) is 0 Å². The van der Waals surface area contributed by atoms with Gasteiger partial charge in [0, 0.05) is 22.2 Å². The van der Waals surface area contributed by atoms with E-state index in [1.807, 2.05) is 35.7 Å². The molecule has 0 aliphatic carbocycles. The van der Waals surface area contributed by atoms with Crippen LogP contribution in [0.1, 0.15) is 29.2 Å². The maximum atomic E-state index is 13.8. The molecule has 0 fully saturated rings. The Bertz CT molecular complexity index is 1970. The summed E-state index contributed by atoms with van der Waals surface area (Å²) in [5.74, 6) is 0.178. The Labute approximate surface area is 239 Å². The molecule has 4 heterocycles. The molecule has 0 spiro atoms. The number of hydrogen-bond acceptors (Lipinski definition) is 6. The van der Waals surface area contributed by atoms with E-state index in [9.17, 15) is 22.8 Å². The monoisotopic (exact) mass is 591 g/mol. The van der Waals surface area contributed by atoms with E-state index in [0.29, 0.717) is 32.1 Å². The number of hydrogen-bond donors (Lipinski definition) is 1. The molecule has 0 radical (unpaired) electrons. The summed E-state index contributed by atoms with van der Waals surface area (Å²) in [6.07, 6.45) is -2.94. The van der Waals surface area contributed by atoms with Gasteiger partial charge in [0.2, 0.25) is 0 Å². The topological polar surface area (TPSA) is 76.6 Å². The summed E-state index contributed by atoms with van der Waals surface area (Å²) in [4.78, 5) is 33.1. The molecule has 11 heteroatoms.